The van der Waals surface area contributed by atoms with Gasteiger partial charge in [0.05, 0.1) is 0 Å². The van der Waals surface area contributed by atoms with Crippen LogP contribution < -0.4 is 0 Å². The fourth-order valence-electron chi connectivity index (χ4n) is 2.68. The van der Waals surface area contributed by atoms with E-state index in [1.165, 1.54) is 30.4 Å². The van der Waals surface area contributed by atoms with Gasteiger partial charge in [-0.2, -0.15) is 0 Å². The van der Waals surface area contributed by atoms with Crippen molar-refractivity contribution in [2.45, 2.75) is 59.3 Å². The van der Waals surface area contributed by atoms with E-state index in [-0.39, 0.29) is 0 Å². The fourth-order valence-corrected chi connectivity index (χ4v) is 2.85. The summed E-state index contributed by atoms with van der Waals surface area (Å²) in [5, 5.41) is 0.877. The normalized spacial score (nSPS) is 22.8. The second-order valence-corrected chi connectivity index (χ2v) is 5.66. The van der Waals surface area contributed by atoms with E-state index in [1.54, 1.807) is 0 Å². The zero-order valence-corrected chi connectivity index (χ0v) is 12.6. The Morgan fingerprint density at radius 3 is 2.47 bits per heavy atom. The van der Waals surface area contributed by atoms with Gasteiger partial charge in [-0.05, 0) is 53.9 Å². The fraction of sp³-hybridized carbons (Fsp3) is 0.625. The summed E-state index contributed by atoms with van der Waals surface area (Å²) in [6.07, 6.45) is 3.82. The van der Waals surface area contributed by atoms with Crippen LogP contribution in [0.5, 0.6) is 0 Å². The molecule has 1 unspecified atom stereocenters. The van der Waals surface area contributed by atoms with Crippen LogP contribution in [0.2, 0.25) is 5.02 Å². The van der Waals surface area contributed by atoms with Crippen molar-refractivity contribution in [3.8, 4) is 0 Å². The molecule has 1 heteroatoms. The van der Waals surface area contributed by atoms with E-state index < -0.39 is 0 Å². The minimum atomic E-state index is 0.318. The third kappa shape index (κ3) is 2.85. The topological polar surface area (TPSA) is 0 Å². The summed E-state index contributed by atoms with van der Waals surface area (Å²) in [5.74, 6) is 0.676. The van der Waals surface area contributed by atoms with Crippen molar-refractivity contribution in [1.82, 2.24) is 0 Å². The molecule has 1 aromatic rings. The van der Waals surface area contributed by atoms with E-state index in [2.05, 4.69) is 32.9 Å². The van der Waals surface area contributed by atoms with E-state index in [1.807, 2.05) is 19.9 Å². The number of fused-ring (bicyclic) bond motifs is 1. The van der Waals surface area contributed by atoms with Crippen LogP contribution in [0.3, 0.4) is 0 Å². The van der Waals surface area contributed by atoms with Crippen molar-refractivity contribution >= 4 is 11.6 Å². The van der Waals surface area contributed by atoms with Crippen LogP contribution in [0.1, 0.15) is 58.6 Å². The molecule has 2 rings (SSSR count). The van der Waals surface area contributed by atoms with Gasteiger partial charge >= 0.3 is 0 Å². The first-order valence-electron chi connectivity index (χ1n) is 6.83. The smallest absolute Gasteiger partial charge is 0.0409 e. The summed E-state index contributed by atoms with van der Waals surface area (Å²) in [6, 6.07) is 6.40. The predicted octanol–water partition coefficient (Wildman–Crippen LogP) is 5.62. The Labute approximate surface area is 111 Å². The van der Waals surface area contributed by atoms with Crippen LogP contribution >= 0.6 is 11.6 Å². The molecule has 0 bridgehead atoms. The average Bonchev–Trinajstić information content (AvgIpc) is 2.33. The zero-order valence-electron chi connectivity index (χ0n) is 11.8. The molecule has 1 aromatic carbocycles. The molecular formula is C16H25Cl. The molecule has 0 N–H and O–H groups in total. The van der Waals surface area contributed by atoms with Gasteiger partial charge in [-0.3, -0.25) is 0 Å². The third-order valence-corrected chi connectivity index (χ3v) is 4.34. The lowest BCUT2D eigenvalue weighted by atomic mass is 9.65. The minimum absolute atomic E-state index is 0.318. The maximum absolute atomic E-state index is 6.11. The number of hydrogen-bond acceptors (Lipinski definition) is 0. The molecule has 0 fully saturated rings. The molecule has 0 spiro atoms. The van der Waals surface area contributed by atoms with Crippen molar-refractivity contribution in [3.05, 3.63) is 34.3 Å². The molecule has 1 aliphatic rings. The van der Waals surface area contributed by atoms with Gasteiger partial charge in [0.2, 0.25) is 0 Å². The molecular weight excluding hydrogens is 228 g/mol. The Morgan fingerprint density at radius 1 is 1.24 bits per heavy atom. The van der Waals surface area contributed by atoms with Crippen LogP contribution in [0.4, 0.5) is 0 Å². The van der Waals surface area contributed by atoms with Gasteiger partial charge in [0.1, 0.15) is 0 Å². The van der Waals surface area contributed by atoms with Gasteiger partial charge in [0, 0.05) is 5.02 Å². The van der Waals surface area contributed by atoms with Crippen molar-refractivity contribution in [2.75, 3.05) is 0 Å². The second-order valence-electron chi connectivity index (χ2n) is 5.23. The van der Waals surface area contributed by atoms with Crippen molar-refractivity contribution in [1.29, 1.82) is 0 Å². The van der Waals surface area contributed by atoms with Crippen LogP contribution in [-0.2, 0) is 11.8 Å². The summed E-state index contributed by atoms with van der Waals surface area (Å²) >= 11 is 6.11. The third-order valence-electron chi connectivity index (χ3n) is 4.10. The molecule has 0 nitrogen and oxygen atoms in total. The Kier molecular flexibility index (Phi) is 5.06. The van der Waals surface area contributed by atoms with Gasteiger partial charge in [0.25, 0.3) is 0 Å². The van der Waals surface area contributed by atoms with E-state index in [4.69, 9.17) is 11.6 Å². The first kappa shape index (κ1) is 14.6. The Balaban J connectivity index is 0.000000686. The van der Waals surface area contributed by atoms with E-state index >= 15 is 0 Å². The van der Waals surface area contributed by atoms with Gasteiger partial charge in [0.15, 0.2) is 0 Å². The van der Waals surface area contributed by atoms with Crippen LogP contribution in [0.15, 0.2) is 18.2 Å². The van der Waals surface area contributed by atoms with Gasteiger partial charge in [-0.1, -0.05) is 52.3 Å². The first-order chi connectivity index (χ1) is 8.04. The van der Waals surface area contributed by atoms with Crippen LogP contribution in [0, 0.1) is 5.92 Å². The quantitative estimate of drug-likeness (QED) is 0.609. The maximum Gasteiger partial charge on any atom is 0.0409 e. The molecule has 0 heterocycles. The molecule has 0 amide bonds. The Morgan fingerprint density at radius 2 is 1.88 bits per heavy atom. The lowest BCUT2D eigenvalue weighted by Gasteiger charge is -2.39. The van der Waals surface area contributed by atoms with Gasteiger partial charge < -0.3 is 0 Å². The van der Waals surface area contributed by atoms with Crippen LogP contribution in [0.25, 0.3) is 0 Å². The number of benzene rings is 1. The first-order valence-corrected chi connectivity index (χ1v) is 7.21. The lowest BCUT2D eigenvalue weighted by molar-refractivity contribution is 0.290. The molecule has 1 atom stereocenters. The summed E-state index contributed by atoms with van der Waals surface area (Å²) in [4.78, 5) is 0. The highest BCUT2D eigenvalue weighted by Gasteiger charge is 2.34. The molecule has 0 saturated heterocycles. The molecule has 1 aliphatic carbocycles. The number of hydrogen-bond donors (Lipinski definition) is 0. The summed E-state index contributed by atoms with van der Waals surface area (Å²) in [7, 11) is 0. The van der Waals surface area contributed by atoms with Gasteiger partial charge in [-0.25, -0.2) is 0 Å². The summed E-state index contributed by atoms with van der Waals surface area (Å²) in [6.45, 7) is 11.0. The largest absolute Gasteiger partial charge is 0.0843 e. The number of aryl methyl sites for hydroxylation is 1. The van der Waals surface area contributed by atoms with E-state index in [9.17, 15) is 0 Å². The number of rotatable bonds is 1. The average molecular weight is 253 g/mol. The lowest BCUT2D eigenvalue weighted by Crippen LogP contribution is -2.32. The zero-order chi connectivity index (χ0) is 13.1. The molecule has 0 aliphatic heterocycles. The highest BCUT2D eigenvalue weighted by Crippen LogP contribution is 2.43. The molecule has 0 saturated carbocycles. The van der Waals surface area contributed by atoms with E-state index in [0.717, 1.165) is 5.02 Å². The molecule has 0 radical (unpaired) electrons. The molecule has 17 heavy (non-hydrogen) atoms. The highest BCUT2D eigenvalue weighted by molar-refractivity contribution is 6.30. The molecule has 0 aromatic heterocycles. The summed E-state index contributed by atoms with van der Waals surface area (Å²) < 4.78 is 0. The summed E-state index contributed by atoms with van der Waals surface area (Å²) in [5.41, 5.74) is 3.30. The standard InChI is InChI=1S/C14H19Cl.C2H6/c1-10(2)14(3)8-4-5-11-6-7-12(15)9-13(11)14;1-2/h6-7,9-10H,4-5,8H2,1-3H3;1-2H3. The van der Waals surface area contributed by atoms with Crippen molar-refractivity contribution < 1.29 is 0 Å². The monoisotopic (exact) mass is 252 g/mol. The SMILES string of the molecule is CC.CC(C)C1(C)CCCc2ccc(Cl)cc21. The maximum atomic E-state index is 6.11. The van der Waals surface area contributed by atoms with E-state index in [0.29, 0.717) is 11.3 Å². The van der Waals surface area contributed by atoms with Crippen LogP contribution in [-0.4, -0.2) is 0 Å². The predicted molar refractivity (Wildman–Crippen MR) is 77.9 cm³/mol. The minimum Gasteiger partial charge on any atom is -0.0843 e. The highest BCUT2D eigenvalue weighted by atomic mass is 35.5. The molecule has 96 valence electrons. The van der Waals surface area contributed by atoms with Crippen molar-refractivity contribution in [3.63, 3.8) is 0 Å². The Bertz CT molecular complexity index is 368. The Hall–Kier alpha value is -0.490. The second kappa shape index (κ2) is 5.91. The number of halogens is 1. The van der Waals surface area contributed by atoms with Crippen molar-refractivity contribution in [2.24, 2.45) is 5.92 Å². The van der Waals surface area contributed by atoms with Gasteiger partial charge in [-0.15, -0.1) is 0 Å².